The van der Waals surface area contributed by atoms with Gasteiger partial charge < -0.3 is 19.9 Å². The van der Waals surface area contributed by atoms with Crippen LogP contribution in [0, 0.1) is 5.92 Å². The van der Waals surface area contributed by atoms with Gasteiger partial charge in [-0.25, -0.2) is 9.38 Å². The summed E-state index contributed by atoms with van der Waals surface area (Å²) in [5.74, 6) is 1.62. The van der Waals surface area contributed by atoms with Crippen molar-refractivity contribution in [2.45, 2.75) is 52.4 Å². The van der Waals surface area contributed by atoms with E-state index >= 15 is 0 Å². The molecule has 1 aromatic heterocycles. The molecule has 0 aromatic carbocycles. The van der Waals surface area contributed by atoms with E-state index in [1.807, 2.05) is 11.6 Å². The van der Waals surface area contributed by atoms with Crippen LogP contribution in [0.1, 0.15) is 51.6 Å². The minimum Gasteiger partial charge on any atom is -0.383 e. The number of methoxy groups -OCH3 is 1. The van der Waals surface area contributed by atoms with Crippen molar-refractivity contribution in [3.63, 3.8) is 0 Å². The quantitative estimate of drug-likeness (QED) is 0.457. The third-order valence-corrected chi connectivity index (χ3v) is 7.79. The summed E-state index contributed by atoms with van der Waals surface area (Å²) in [7, 11) is 1.77. The van der Waals surface area contributed by atoms with Gasteiger partial charge in [-0.05, 0) is 77.1 Å². The number of allylic oxidation sites excluding steroid dienone is 4. The molecule has 2 aliphatic heterocycles. The number of fused-ring (bicyclic) bond motifs is 1. The van der Waals surface area contributed by atoms with E-state index in [1.165, 1.54) is 36.1 Å². The number of anilines is 1. The molecule has 3 aliphatic rings. The average molecular weight is 511 g/mol. The van der Waals surface area contributed by atoms with Crippen molar-refractivity contribution in [3.8, 4) is 0 Å². The average Bonchev–Trinajstić information content (AvgIpc) is 3.29. The van der Waals surface area contributed by atoms with Crippen molar-refractivity contribution < 1.29 is 4.74 Å². The molecule has 0 spiro atoms. The minimum atomic E-state index is 0.639. The van der Waals surface area contributed by atoms with Gasteiger partial charge in [0.2, 0.25) is 0 Å². The molecule has 3 heterocycles. The summed E-state index contributed by atoms with van der Waals surface area (Å²) in [6.45, 7) is 11.3. The van der Waals surface area contributed by atoms with Gasteiger partial charge in [-0.3, -0.25) is 4.99 Å². The number of nitrogens with zero attached hydrogens (tertiary/aromatic N) is 5. The van der Waals surface area contributed by atoms with E-state index in [2.05, 4.69) is 47.2 Å². The number of nitrogens with one attached hydrogen (secondary N) is 1. The summed E-state index contributed by atoms with van der Waals surface area (Å²) < 4.78 is 10.1. The van der Waals surface area contributed by atoms with Crippen molar-refractivity contribution in [1.82, 2.24) is 15.2 Å². The fourth-order valence-corrected chi connectivity index (χ4v) is 5.70. The number of hydrogen-bond acceptors (Lipinski definition) is 8. The molecule has 196 valence electrons. The first-order valence-electron chi connectivity index (χ1n) is 13.6. The first-order valence-corrected chi connectivity index (χ1v) is 14.4. The zero-order valence-electron chi connectivity index (χ0n) is 22.2. The van der Waals surface area contributed by atoms with Crippen molar-refractivity contribution in [2.75, 3.05) is 57.9 Å². The van der Waals surface area contributed by atoms with Crippen molar-refractivity contribution >= 4 is 17.8 Å². The van der Waals surface area contributed by atoms with Crippen LogP contribution < -0.4 is 20.9 Å². The van der Waals surface area contributed by atoms with E-state index in [9.17, 15) is 0 Å². The molecule has 1 fully saturated rings. The number of hydrogen-bond donors (Lipinski definition) is 1. The lowest BCUT2D eigenvalue weighted by Crippen LogP contribution is -2.42. The van der Waals surface area contributed by atoms with Gasteiger partial charge in [0.05, 0.1) is 6.61 Å². The van der Waals surface area contributed by atoms with Gasteiger partial charge in [-0.1, -0.05) is 11.6 Å². The Bertz CT molecular complexity index is 1080. The highest BCUT2D eigenvalue weighted by atomic mass is 32.2. The first kappa shape index (κ1) is 26.9. The predicted molar refractivity (Wildman–Crippen MR) is 150 cm³/mol. The van der Waals surface area contributed by atoms with Gasteiger partial charge in [0.15, 0.2) is 5.82 Å². The molecule has 1 saturated heterocycles. The Morgan fingerprint density at radius 3 is 2.81 bits per heavy atom. The Balaban J connectivity index is 1.60. The number of rotatable bonds is 11. The summed E-state index contributed by atoms with van der Waals surface area (Å²) >= 11 is 1.45. The summed E-state index contributed by atoms with van der Waals surface area (Å²) in [4.78, 5) is 14.8. The van der Waals surface area contributed by atoms with Crippen LogP contribution in [0.2, 0.25) is 0 Å². The second-order valence-electron chi connectivity index (χ2n) is 9.75. The zero-order valence-corrected chi connectivity index (χ0v) is 23.0. The summed E-state index contributed by atoms with van der Waals surface area (Å²) in [5, 5.41) is 7.34. The topological polar surface area (TPSA) is 65.3 Å². The summed E-state index contributed by atoms with van der Waals surface area (Å²) in [6.07, 6.45) is 13.2. The number of pyridine rings is 1. The Hall–Kier alpha value is -2.16. The molecular formula is C28H42N6OS. The minimum absolute atomic E-state index is 0.639. The van der Waals surface area contributed by atoms with Gasteiger partial charge in [0, 0.05) is 74.7 Å². The lowest BCUT2D eigenvalue weighted by molar-refractivity contribution is 0.164. The normalized spacial score (nSPS) is 19.7. The molecule has 1 aromatic rings. The second kappa shape index (κ2) is 14.0. The molecule has 0 bridgehead atoms. The Kier molecular flexibility index (Phi) is 10.4. The van der Waals surface area contributed by atoms with Crippen LogP contribution in [0.4, 0.5) is 5.82 Å². The van der Waals surface area contributed by atoms with E-state index in [4.69, 9.17) is 19.1 Å². The summed E-state index contributed by atoms with van der Waals surface area (Å²) in [5.41, 5.74) is 3.93. The van der Waals surface area contributed by atoms with Crippen LogP contribution in [0.3, 0.4) is 0 Å². The monoisotopic (exact) mass is 510 g/mol. The van der Waals surface area contributed by atoms with Crippen molar-refractivity contribution in [1.29, 1.82) is 0 Å². The molecule has 4 rings (SSSR count). The van der Waals surface area contributed by atoms with Crippen LogP contribution in [-0.2, 0) is 11.2 Å². The number of ether oxygens (including phenoxy) is 1. The van der Waals surface area contributed by atoms with Crippen LogP contribution in [0.25, 0.3) is 0 Å². The lowest BCUT2D eigenvalue weighted by Gasteiger charge is -2.30. The predicted octanol–water partition coefficient (Wildman–Crippen LogP) is 3.78. The van der Waals surface area contributed by atoms with Gasteiger partial charge in [-0.15, -0.1) is 0 Å². The van der Waals surface area contributed by atoms with Crippen LogP contribution in [-0.4, -0.2) is 62.9 Å². The fourth-order valence-electron chi connectivity index (χ4n) is 5.27. The maximum absolute atomic E-state index is 5.32. The first-order chi connectivity index (χ1) is 17.7. The number of piperidine rings is 1. The van der Waals surface area contributed by atoms with E-state index in [0.29, 0.717) is 5.92 Å². The largest absolute Gasteiger partial charge is 0.383 e. The standard InChI is InChI=1S/C28H42N6OS/c1-4-33(15-16-35-3)25-10-6-8-22(11-12-25)18-24-19-26-27(30-14-17-36-32-26)28(31-24)34(5-2)21-23-9-7-13-29-20-23/h11-12,14,17,19,23,29H,4-10,13,15-16,18,20-21H2,1-3H3. The second-order valence-corrected chi connectivity index (χ2v) is 10.4. The molecule has 7 nitrogen and oxygen atoms in total. The van der Waals surface area contributed by atoms with E-state index < -0.39 is 0 Å². The van der Waals surface area contributed by atoms with Gasteiger partial charge >= 0.3 is 0 Å². The third-order valence-electron chi connectivity index (χ3n) is 7.25. The van der Waals surface area contributed by atoms with Crippen LogP contribution in [0.15, 0.2) is 50.5 Å². The molecule has 8 heteroatoms. The molecule has 0 radical (unpaired) electrons. The smallest absolute Gasteiger partial charge is 0.157 e. The molecule has 0 amide bonds. The van der Waals surface area contributed by atoms with Gasteiger partial charge in [-0.2, -0.15) is 0 Å². The molecule has 1 aliphatic carbocycles. The lowest BCUT2D eigenvalue weighted by atomic mass is 9.99. The van der Waals surface area contributed by atoms with E-state index in [1.54, 1.807) is 7.11 Å². The molecule has 1 N–H and O–H groups in total. The molecule has 1 unspecified atom stereocenters. The molecule has 1 atom stereocenters. The van der Waals surface area contributed by atoms with Crippen LogP contribution >= 0.6 is 11.9 Å². The van der Waals surface area contributed by atoms with Crippen LogP contribution in [0.5, 0.6) is 0 Å². The third kappa shape index (κ3) is 7.20. The fraction of sp³-hybridized carbons (Fsp3) is 0.607. The molecule has 36 heavy (non-hydrogen) atoms. The maximum atomic E-state index is 5.32. The number of likely N-dealkylation sites (N-methyl/N-ethyl adjacent to an activating group) is 1. The van der Waals surface area contributed by atoms with Crippen molar-refractivity contribution in [3.05, 3.63) is 57.5 Å². The Labute approximate surface area is 220 Å². The highest BCUT2D eigenvalue weighted by Crippen LogP contribution is 2.23. The SMILES string of the molecule is CCN(CCOC)C1=CC=C(Cc2cc3c(c(N(CC)CC4CCCNC4)n2)=NC=CSN=3)CCC1. The van der Waals surface area contributed by atoms with E-state index in [-0.39, 0.29) is 0 Å². The Morgan fingerprint density at radius 1 is 1.14 bits per heavy atom. The highest BCUT2D eigenvalue weighted by molar-refractivity contribution is 8.00. The van der Waals surface area contributed by atoms with E-state index in [0.717, 1.165) is 93.8 Å². The molecule has 0 saturated carbocycles. The Morgan fingerprint density at radius 2 is 2.03 bits per heavy atom. The highest BCUT2D eigenvalue weighted by Gasteiger charge is 2.20. The maximum Gasteiger partial charge on any atom is 0.157 e. The zero-order chi connectivity index (χ0) is 25.2. The van der Waals surface area contributed by atoms with Gasteiger partial charge in [0.1, 0.15) is 10.7 Å². The molecular weight excluding hydrogens is 468 g/mol. The van der Waals surface area contributed by atoms with Gasteiger partial charge in [0.25, 0.3) is 0 Å². The summed E-state index contributed by atoms with van der Waals surface area (Å²) in [6, 6.07) is 2.14. The van der Waals surface area contributed by atoms with Crippen molar-refractivity contribution in [2.24, 2.45) is 15.3 Å². The number of aromatic nitrogens is 1.